The Bertz CT molecular complexity index is 580. The Morgan fingerprint density at radius 2 is 1.78 bits per heavy atom. The highest BCUT2D eigenvalue weighted by Crippen LogP contribution is 2.27. The summed E-state index contributed by atoms with van der Waals surface area (Å²) in [5.41, 5.74) is 8.47. The lowest BCUT2D eigenvalue weighted by atomic mass is 9.91. The minimum Gasteiger partial charge on any atom is -0.497 e. The summed E-state index contributed by atoms with van der Waals surface area (Å²) in [7, 11) is 1.68. The largest absolute Gasteiger partial charge is 0.497 e. The first-order chi connectivity index (χ1) is 11.3. The molecule has 1 unspecified atom stereocenters. The third kappa shape index (κ3) is 5.00. The SMILES string of the molecule is CCCCOc1ccccc1CC(CN)c1ccc(OC)cc1. The van der Waals surface area contributed by atoms with E-state index in [9.17, 15) is 0 Å². The van der Waals surface area contributed by atoms with E-state index in [1.165, 1.54) is 11.1 Å². The van der Waals surface area contributed by atoms with Gasteiger partial charge in [0, 0.05) is 5.92 Å². The highest BCUT2D eigenvalue weighted by Gasteiger charge is 2.14. The summed E-state index contributed by atoms with van der Waals surface area (Å²) in [6, 6.07) is 16.4. The molecular weight excluding hydrogens is 286 g/mol. The molecule has 23 heavy (non-hydrogen) atoms. The van der Waals surface area contributed by atoms with Gasteiger partial charge in [-0.05, 0) is 48.7 Å². The molecular formula is C20H27NO2. The van der Waals surface area contributed by atoms with Crippen LogP contribution in [0.15, 0.2) is 48.5 Å². The number of para-hydroxylation sites is 1. The lowest BCUT2D eigenvalue weighted by Crippen LogP contribution is -2.15. The number of methoxy groups -OCH3 is 1. The van der Waals surface area contributed by atoms with Crippen LogP contribution >= 0.6 is 0 Å². The van der Waals surface area contributed by atoms with Crippen LogP contribution in [0.1, 0.15) is 36.8 Å². The zero-order valence-electron chi connectivity index (χ0n) is 14.1. The van der Waals surface area contributed by atoms with Crippen LogP contribution in [0, 0.1) is 0 Å². The average Bonchev–Trinajstić information content (AvgIpc) is 2.61. The number of hydrogen-bond donors (Lipinski definition) is 1. The van der Waals surface area contributed by atoms with Crippen molar-refractivity contribution in [1.29, 1.82) is 0 Å². The highest BCUT2D eigenvalue weighted by molar-refractivity contribution is 5.36. The maximum Gasteiger partial charge on any atom is 0.122 e. The molecule has 2 N–H and O–H groups in total. The van der Waals surface area contributed by atoms with Gasteiger partial charge in [-0.15, -0.1) is 0 Å². The van der Waals surface area contributed by atoms with E-state index in [2.05, 4.69) is 31.2 Å². The highest BCUT2D eigenvalue weighted by atomic mass is 16.5. The van der Waals surface area contributed by atoms with Crippen LogP contribution in [0.5, 0.6) is 11.5 Å². The zero-order chi connectivity index (χ0) is 16.5. The molecule has 0 bridgehead atoms. The van der Waals surface area contributed by atoms with Crippen molar-refractivity contribution in [1.82, 2.24) is 0 Å². The van der Waals surface area contributed by atoms with Crippen molar-refractivity contribution in [3.63, 3.8) is 0 Å². The first-order valence-electron chi connectivity index (χ1n) is 8.33. The molecule has 0 heterocycles. The summed E-state index contributed by atoms with van der Waals surface area (Å²) in [4.78, 5) is 0. The normalized spacial score (nSPS) is 12.0. The van der Waals surface area contributed by atoms with Gasteiger partial charge in [-0.2, -0.15) is 0 Å². The lowest BCUT2D eigenvalue weighted by molar-refractivity contribution is 0.305. The Balaban J connectivity index is 2.11. The number of benzene rings is 2. The molecule has 3 nitrogen and oxygen atoms in total. The van der Waals surface area contributed by atoms with Gasteiger partial charge in [0.2, 0.25) is 0 Å². The standard InChI is InChI=1S/C20H27NO2/c1-3-4-13-23-20-8-6-5-7-17(20)14-18(15-21)16-9-11-19(22-2)12-10-16/h5-12,18H,3-4,13-15,21H2,1-2H3. The summed E-state index contributed by atoms with van der Waals surface area (Å²) >= 11 is 0. The quantitative estimate of drug-likeness (QED) is 0.707. The average molecular weight is 313 g/mol. The van der Waals surface area contributed by atoms with Gasteiger partial charge in [-0.3, -0.25) is 0 Å². The van der Waals surface area contributed by atoms with E-state index in [4.69, 9.17) is 15.2 Å². The van der Waals surface area contributed by atoms with E-state index in [0.29, 0.717) is 6.54 Å². The molecule has 2 aromatic carbocycles. The predicted molar refractivity (Wildman–Crippen MR) is 95.3 cm³/mol. The fourth-order valence-corrected chi connectivity index (χ4v) is 2.62. The fraction of sp³-hybridized carbons (Fsp3) is 0.400. The summed E-state index contributed by atoms with van der Waals surface area (Å²) in [5, 5.41) is 0. The van der Waals surface area contributed by atoms with Crippen molar-refractivity contribution >= 4 is 0 Å². The molecule has 0 saturated carbocycles. The van der Waals surface area contributed by atoms with Crippen LogP contribution in [0.2, 0.25) is 0 Å². The van der Waals surface area contributed by atoms with E-state index >= 15 is 0 Å². The van der Waals surface area contributed by atoms with Crippen LogP contribution in [0.3, 0.4) is 0 Å². The van der Waals surface area contributed by atoms with Crippen molar-refractivity contribution in [3.05, 3.63) is 59.7 Å². The Morgan fingerprint density at radius 3 is 2.43 bits per heavy atom. The molecule has 2 aromatic rings. The van der Waals surface area contributed by atoms with Gasteiger partial charge in [0.1, 0.15) is 11.5 Å². The van der Waals surface area contributed by atoms with E-state index < -0.39 is 0 Å². The number of unbranched alkanes of at least 4 members (excludes halogenated alkanes) is 1. The van der Waals surface area contributed by atoms with Gasteiger partial charge >= 0.3 is 0 Å². The Kier molecular flexibility index (Phi) is 6.95. The molecule has 0 amide bonds. The zero-order valence-corrected chi connectivity index (χ0v) is 14.1. The van der Waals surface area contributed by atoms with Crippen LogP contribution in [-0.2, 0) is 6.42 Å². The predicted octanol–water partition coefficient (Wildman–Crippen LogP) is 4.16. The van der Waals surface area contributed by atoms with Gasteiger partial charge in [0.15, 0.2) is 0 Å². The molecule has 0 radical (unpaired) electrons. The minimum atomic E-state index is 0.275. The molecule has 0 spiro atoms. The number of hydrogen-bond acceptors (Lipinski definition) is 3. The molecule has 0 aliphatic heterocycles. The Morgan fingerprint density at radius 1 is 1.04 bits per heavy atom. The molecule has 124 valence electrons. The van der Waals surface area contributed by atoms with Crippen molar-refractivity contribution in [3.8, 4) is 11.5 Å². The summed E-state index contributed by atoms with van der Waals surface area (Å²) in [5.74, 6) is 2.12. The Hall–Kier alpha value is -2.00. The smallest absolute Gasteiger partial charge is 0.122 e. The van der Waals surface area contributed by atoms with Gasteiger partial charge in [0.25, 0.3) is 0 Å². The van der Waals surface area contributed by atoms with Gasteiger partial charge in [-0.1, -0.05) is 43.7 Å². The Labute approximate surface area is 139 Å². The molecule has 1 atom stereocenters. The monoisotopic (exact) mass is 313 g/mol. The number of nitrogens with two attached hydrogens (primary N) is 1. The third-order valence-electron chi connectivity index (χ3n) is 4.07. The second kappa shape index (κ2) is 9.21. The van der Waals surface area contributed by atoms with Gasteiger partial charge < -0.3 is 15.2 Å². The van der Waals surface area contributed by atoms with E-state index in [1.807, 2.05) is 24.3 Å². The molecule has 0 aliphatic carbocycles. The van der Waals surface area contributed by atoms with Gasteiger partial charge in [-0.25, -0.2) is 0 Å². The first-order valence-corrected chi connectivity index (χ1v) is 8.33. The fourth-order valence-electron chi connectivity index (χ4n) is 2.62. The molecule has 0 aliphatic rings. The number of ether oxygens (including phenoxy) is 2. The lowest BCUT2D eigenvalue weighted by Gasteiger charge is -2.18. The molecule has 3 heteroatoms. The topological polar surface area (TPSA) is 44.5 Å². The summed E-state index contributed by atoms with van der Waals surface area (Å²) < 4.78 is 11.2. The molecule has 2 rings (SSSR count). The van der Waals surface area contributed by atoms with E-state index in [0.717, 1.165) is 37.4 Å². The molecule has 0 saturated heterocycles. The van der Waals surface area contributed by atoms with E-state index in [1.54, 1.807) is 7.11 Å². The van der Waals surface area contributed by atoms with Crippen LogP contribution in [0.4, 0.5) is 0 Å². The first kappa shape index (κ1) is 17.4. The minimum absolute atomic E-state index is 0.275. The van der Waals surface area contributed by atoms with Crippen LogP contribution in [-0.4, -0.2) is 20.3 Å². The van der Waals surface area contributed by atoms with Gasteiger partial charge in [0.05, 0.1) is 13.7 Å². The second-order valence-corrected chi connectivity index (χ2v) is 5.72. The molecule has 0 fully saturated rings. The maximum atomic E-state index is 6.02. The van der Waals surface area contributed by atoms with Crippen LogP contribution < -0.4 is 15.2 Å². The number of rotatable bonds is 9. The third-order valence-corrected chi connectivity index (χ3v) is 4.07. The summed E-state index contributed by atoms with van der Waals surface area (Å²) in [6.45, 7) is 3.54. The van der Waals surface area contributed by atoms with Crippen molar-refractivity contribution in [2.24, 2.45) is 5.73 Å². The maximum absolute atomic E-state index is 6.02. The van der Waals surface area contributed by atoms with E-state index in [-0.39, 0.29) is 5.92 Å². The second-order valence-electron chi connectivity index (χ2n) is 5.72. The van der Waals surface area contributed by atoms with Crippen molar-refractivity contribution in [2.45, 2.75) is 32.1 Å². The molecule has 0 aromatic heterocycles. The van der Waals surface area contributed by atoms with Crippen molar-refractivity contribution < 1.29 is 9.47 Å². The van der Waals surface area contributed by atoms with Crippen molar-refractivity contribution in [2.75, 3.05) is 20.3 Å². The van der Waals surface area contributed by atoms with Crippen LogP contribution in [0.25, 0.3) is 0 Å². The summed E-state index contributed by atoms with van der Waals surface area (Å²) in [6.07, 6.45) is 3.09.